The normalized spacial score (nSPS) is 11.4. The number of phenols is 2. The van der Waals surface area contributed by atoms with Gasteiger partial charge in [-0.1, -0.05) is 315 Å². The molecule has 0 aliphatic carbocycles. The molecular weight excluding hydrogens is 1470 g/mol. The van der Waals surface area contributed by atoms with E-state index >= 15 is 0 Å². The van der Waals surface area contributed by atoms with Crippen molar-refractivity contribution in [1.82, 2.24) is 5.32 Å². The number of rotatable bonds is 22. The van der Waals surface area contributed by atoms with Gasteiger partial charge in [-0.2, -0.15) is 0 Å². The lowest BCUT2D eigenvalue weighted by atomic mass is 9.88. The summed E-state index contributed by atoms with van der Waals surface area (Å²) in [5, 5.41) is 36.4. The molecular formula is C116H83NO4. The van der Waals surface area contributed by atoms with Crippen molar-refractivity contribution in [3.8, 4) is 179 Å². The summed E-state index contributed by atoms with van der Waals surface area (Å²) in [6.45, 7) is 1.58. The van der Waals surface area contributed by atoms with Gasteiger partial charge in [-0.05, 0) is 298 Å². The minimum absolute atomic E-state index is 0.154. The Kier molecular flexibility index (Phi) is 20.5. The first-order valence-corrected chi connectivity index (χ1v) is 41.4. The van der Waals surface area contributed by atoms with Gasteiger partial charge >= 0.3 is 0 Å². The highest BCUT2D eigenvalue weighted by Gasteiger charge is 2.24. The van der Waals surface area contributed by atoms with E-state index in [2.05, 4.69) is 418 Å². The number of ether oxygens (including phenoxy) is 2. The van der Waals surface area contributed by atoms with Gasteiger partial charge in [0.05, 0.1) is 0 Å². The molecule has 5 heteroatoms. The molecule has 0 aliphatic heterocycles. The Bertz CT molecular complexity index is 6540. The number of hydrogen-bond donors (Lipinski definition) is 3. The average molecular weight is 1550 g/mol. The van der Waals surface area contributed by atoms with E-state index in [1.54, 1.807) is 0 Å². The Morgan fingerprint density at radius 3 is 0.570 bits per heavy atom. The quantitative estimate of drug-likeness (QED) is 0.0590. The van der Waals surface area contributed by atoms with Crippen LogP contribution in [-0.4, -0.2) is 36.5 Å². The van der Waals surface area contributed by atoms with Crippen LogP contribution in [0.15, 0.2) is 437 Å². The van der Waals surface area contributed by atoms with Crippen molar-refractivity contribution in [2.75, 3.05) is 26.3 Å². The molecule has 20 rings (SSSR count). The molecule has 0 atom stereocenters. The Morgan fingerprint density at radius 2 is 0.355 bits per heavy atom. The van der Waals surface area contributed by atoms with E-state index in [9.17, 15) is 10.2 Å². The summed E-state index contributed by atoms with van der Waals surface area (Å²) in [5.41, 5.74) is 29.8. The Labute approximate surface area is 705 Å². The van der Waals surface area contributed by atoms with Crippen LogP contribution in [0, 0.1) is 0 Å². The summed E-state index contributed by atoms with van der Waals surface area (Å²) in [4.78, 5) is 0. The topological polar surface area (TPSA) is 71.0 Å². The molecule has 0 spiro atoms. The van der Waals surface area contributed by atoms with Crippen LogP contribution >= 0.6 is 0 Å². The smallest absolute Gasteiger partial charge is 0.127 e. The van der Waals surface area contributed by atoms with E-state index in [4.69, 9.17) is 9.47 Å². The van der Waals surface area contributed by atoms with E-state index in [-0.39, 0.29) is 11.5 Å². The Balaban J connectivity index is 0.638. The van der Waals surface area contributed by atoms with Crippen LogP contribution < -0.4 is 14.8 Å². The first-order chi connectivity index (χ1) is 59.8. The van der Waals surface area contributed by atoms with Gasteiger partial charge in [-0.25, -0.2) is 0 Å². The maximum Gasteiger partial charge on any atom is 0.127 e. The Hall–Kier alpha value is -15.4. The molecule has 121 heavy (non-hydrogen) atoms. The summed E-state index contributed by atoms with van der Waals surface area (Å²) in [6.07, 6.45) is 0. The molecule has 5 nitrogen and oxygen atoms in total. The lowest BCUT2D eigenvalue weighted by Crippen LogP contribution is -2.26. The molecule has 3 N–H and O–H groups in total. The fourth-order valence-corrected chi connectivity index (χ4v) is 17.4. The molecule has 0 bridgehead atoms. The first-order valence-electron chi connectivity index (χ1n) is 41.4. The number of fused-ring (bicyclic) bond motifs is 4. The van der Waals surface area contributed by atoms with Crippen molar-refractivity contribution in [3.05, 3.63) is 437 Å². The molecule has 0 aromatic heterocycles. The third kappa shape index (κ3) is 15.5. The minimum Gasteiger partial charge on any atom is -0.507 e. The van der Waals surface area contributed by atoms with Crippen molar-refractivity contribution in [2.24, 2.45) is 0 Å². The molecule has 0 heterocycles. The lowest BCUT2D eigenvalue weighted by Gasteiger charge is -2.20. The third-order valence-electron chi connectivity index (χ3n) is 23.5. The molecule has 0 saturated heterocycles. The summed E-state index contributed by atoms with van der Waals surface area (Å²) in [6, 6.07) is 155. The number of hydrogen-bond acceptors (Lipinski definition) is 5. The van der Waals surface area contributed by atoms with Crippen molar-refractivity contribution >= 4 is 43.1 Å². The fraction of sp³-hybridized carbons (Fsp3) is 0.0345. The second-order valence-corrected chi connectivity index (χ2v) is 31.1. The number of nitrogens with one attached hydrogen (secondary N) is 1. The number of benzene rings is 20. The van der Waals surface area contributed by atoms with Gasteiger partial charge in [0.15, 0.2) is 0 Å². The molecule has 20 aromatic rings. The summed E-state index contributed by atoms with van der Waals surface area (Å²) >= 11 is 0. The third-order valence-corrected chi connectivity index (χ3v) is 23.5. The maximum absolute atomic E-state index is 12.5. The van der Waals surface area contributed by atoms with Gasteiger partial charge in [0.25, 0.3) is 0 Å². The van der Waals surface area contributed by atoms with Crippen LogP contribution in [0.25, 0.3) is 199 Å². The van der Waals surface area contributed by atoms with Gasteiger partial charge in [0, 0.05) is 35.3 Å². The summed E-state index contributed by atoms with van der Waals surface area (Å²) in [7, 11) is 0. The van der Waals surface area contributed by atoms with Crippen molar-refractivity contribution in [3.63, 3.8) is 0 Å². The zero-order chi connectivity index (χ0) is 81.0. The molecule has 0 saturated carbocycles. The SMILES string of the molecule is Oc1ccc2cc(-c3cc(-c4ccccc4)cc(-c4ccccc4)c3)ccc2c1-c1c(OCCNCCOc2ccc3cc(-c4cc(-c5ccccc5)cc(-c5ccccc5)c4)ccc3c2-c2c(O)ccc3cc(-c4cc(-c5ccccc5)cc(-c5ccccc5)c4)ccc23)ccc2cc(-c3cc(-c4ccccc4)cc(-c4ccccc4)c3)ccc12. The van der Waals surface area contributed by atoms with Gasteiger partial charge in [-0.15, -0.1) is 0 Å². The zero-order valence-corrected chi connectivity index (χ0v) is 66.6. The largest absolute Gasteiger partial charge is 0.507 e. The second kappa shape index (κ2) is 33.3. The molecule has 0 amide bonds. The van der Waals surface area contributed by atoms with Crippen molar-refractivity contribution in [1.29, 1.82) is 0 Å². The predicted molar refractivity (Wildman–Crippen MR) is 506 cm³/mol. The molecule has 0 radical (unpaired) electrons. The van der Waals surface area contributed by atoms with E-state index in [0.29, 0.717) is 48.9 Å². The minimum atomic E-state index is 0.154. The molecule has 0 aliphatic rings. The van der Waals surface area contributed by atoms with Gasteiger partial charge in [0.1, 0.15) is 36.2 Å². The molecule has 0 unspecified atom stereocenters. The number of phenolic OH excluding ortho intramolecular Hbond substituents is 2. The summed E-state index contributed by atoms with van der Waals surface area (Å²) in [5.74, 6) is 1.60. The second-order valence-electron chi connectivity index (χ2n) is 31.1. The van der Waals surface area contributed by atoms with Crippen molar-refractivity contribution < 1.29 is 19.7 Å². The van der Waals surface area contributed by atoms with Crippen LogP contribution in [0.5, 0.6) is 23.0 Å². The highest BCUT2D eigenvalue weighted by Crippen LogP contribution is 2.50. The zero-order valence-electron chi connectivity index (χ0n) is 66.6. The van der Waals surface area contributed by atoms with E-state index in [1.165, 1.54) is 0 Å². The first kappa shape index (κ1) is 74.4. The van der Waals surface area contributed by atoms with Crippen LogP contribution in [0.4, 0.5) is 0 Å². The number of aromatic hydroxyl groups is 2. The van der Waals surface area contributed by atoms with Crippen LogP contribution in [0.1, 0.15) is 0 Å². The molecule has 20 aromatic carbocycles. The van der Waals surface area contributed by atoms with E-state index < -0.39 is 0 Å². The van der Waals surface area contributed by atoms with Gasteiger partial charge in [-0.3, -0.25) is 0 Å². The van der Waals surface area contributed by atoms with E-state index in [1.807, 2.05) is 24.3 Å². The molecule has 576 valence electrons. The van der Waals surface area contributed by atoms with Crippen LogP contribution in [-0.2, 0) is 0 Å². The standard InChI is InChI=1S/C116H83NO4/c118-109-53-45-89-61-85(101-69-93(77-25-9-1-10-26-77)65-94(70-101)78-27-11-2-12-28-78)41-49-105(89)113(109)115-107-51-43-87(103-73-97(81-33-17-5-18-34-81)67-98(74-103)82-35-19-6-20-36-82)63-91(107)47-55-111(115)120-59-57-117-58-60-121-112-56-48-92-64-88(104-75-99(83-37-21-7-22-38-83)68-100(76-104)84-39-23-8-24-40-84)44-52-108(92)116(112)114-106-50-42-86(62-90(106)46-54-110(114)119)102-71-95(79-29-13-3-14-30-79)66-96(72-102)80-31-15-4-16-32-80/h1-56,61-76,117-119H,57-60H2. The van der Waals surface area contributed by atoms with Crippen LogP contribution in [0.2, 0.25) is 0 Å². The lowest BCUT2D eigenvalue weighted by molar-refractivity contribution is 0.290. The van der Waals surface area contributed by atoms with E-state index in [0.717, 1.165) is 188 Å². The highest BCUT2D eigenvalue weighted by atomic mass is 16.5. The fourth-order valence-electron chi connectivity index (χ4n) is 17.4. The van der Waals surface area contributed by atoms with Crippen molar-refractivity contribution in [2.45, 2.75) is 0 Å². The monoisotopic (exact) mass is 1550 g/mol. The highest BCUT2D eigenvalue weighted by molar-refractivity contribution is 6.13. The average Bonchev–Trinajstić information content (AvgIpc) is 0.741. The van der Waals surface area contributed by atoms with Crippen LogP contribution in [0.3, 0.4) is 0 Å². The predicted octanol–water partition coefficient (Wildman–Crippen LogP) is 30.1. The Morgan fingerprint density at radius 1 is 0.165 bits per heavy atom. The molecule has 0 fully saturated rings. The maximum atomic E-state index is 12.5. The van der Waals surface area contributed by atoms with Gasteiger partial charge in [0.2, 0.25) is 0 Å². The summed E-state index contributed by atoms with van der Waals surface area (Å²) < 4.78 is 14.1. The van der Waals surface area contributed by atoms with Gasteiger partial charge < -0.3 is 25.0 Å².